The molecule has 0 atom stereocenters. The third kappa shape index (κ3) is 4.68. The van der Waals surface area contributed by atoms with Crippen LogP contribution in [-0.4, -0.2) is 61.0 Å². The number of amides is 1. The standard InChI is InChI=1S/C17H31N3O/c21-17(19-12-9-18-10-13-19)8-11-20(16-6-7-16)14-15-4-2-1-3-5-15/h15-16,18H,1-14H2. The molecule has 120 valence electrons. The molecule has 2 aliphatic carbocycles. The van der Waals surface area contributed by atoms with Crippen molar-refractivity contribution in [3.63, 3.8) is 0 Å². The second-order valence-electron chi connectivity index (χ2n) is 7.11. The van der Waals surface area contributed by atoms with E-state index < -0.39 is 0 Å². The zero-order valence-corrected chi connectivity index (χ0v) is 13.4. The molecule has 1 N–H and O–H groups in total. The van der Waals surface area contributed by atoms with Crippen molar-refractivity contribution in [3.05, 3.63) is 0 Å². The number of piperazine rings is 1. The van der Waals surface area contributed by atoms with E-state index in [-0.39, 0.29) is 0 Å². The highest BCUT2D eigenvalue weighted by Crippen LogP contribution is 2.31. The summed E-state index contributed by atoms with van der Waals surface area (Å²) in [6.07, 6.45) is 10.5. The van der Waals surface area contributed by atoms with Crippen LogP contribution in [-0.2, 0) is 4.79 Å². The molecule has 1 amide bonds. The van der Waals surface area contributed by atoms with Gasteiger partial charge in [0, 0.05) is 51.7 Å². The van der Waals surface area contributed by atoms with Crippen LogP contribution in [0.25, 0.3) is 0 Å². The molecule has 0 aromatic heterocycles. The predicted octanol–water partition coefficient (Wildman–Crippen LogP) is 1.85. The van der Waals surface area contributed by atoms with Crippen LogP contribution in [0.4, 0.5) is 0 Å². The van der Waals surface area contributed by atoms with E-state index in [1.165, 1.54) is 51.5 Å². The fourth-order valence-corrected chi connectivity index (χ4v) is 3.88. The van der Waals surface area contributed by atoms with Gasteiger partial charge in [-0.15, -0.1) is 0 Å². The molecule has 0 radical (unpaired) electrons. The van der Waals surface area contributed by atoms with Crippen molar-refractivity contribution in [3.8, 4) is 0 Å². The number of carbonyl (C=O) groups excluding carboxylic acids is 1. The van der Waals surface area contributed by atoms with Gasteiger partial charge in [-0.1, -0.05) is 19.3 Å². The molecule has 0 bridgehead atoms. The Kier molecular flexibility index (Phi) is 5.53. The summed E-state index contributed by atoms with van der Waals surface area (Å²) in [7, 11) is 0. The fraction of sp³-hybridized carbons (Fsp3) is 0.941. The van der Waals surface area contributed by atoms with Crippen LogP contribution in [0.3, 0.4) is 0 Å². The average molecular weight is 293 g/mol. The first-order chi connectivity index (χ1) is 10.3. The molecule has 3 aliphatic rings. The van der Waals surface area contributed by atoms with E-state index in [1.807, 2.05) is 4.90 Å². The number of nitrogens with zero attached hydrogens (tertiary/aromatic N) is 2. The molecule has 3 rings (SSSR count). The Balaban J connectivity index is 1.42. The first-order valence-corrected chi connectivity index (χ1v) is 9.05. The summed E-state index contributed by atoms with van der Waals surface area (Å²) in [6, 6.07) is 0.794. The van der Waals surface area contributed by atoms with Crippen molar-refractivity contribution in [1.82, 2.24) is 15.1 Å². The Bertz CT molecular complexity index is 331. The topological polar surface area (TPSA) is 35.6 Å². The van der Waals surface area contributed by atoms with Gasteiger partial charge in [-0.2, -0.15) is 0 Å². The maximum Gasteiger partial charge on any atom is 0.223 e. The fourth-order valence-electron chi connectivity index (χ4n) is 3.88. The monoisotopic (exact) mass is 293 g/mol. The Morgan fingerprint density at radius 2 is 1.76 bits per heavy atom. The van der Waals surface area contributed by atoms with E-state index in [2.05, 4.69) is 10.2 Å². The van der Waals surface area contributed by atoms with Crippen molar-refractivity contribution in [2.75, 3.05) is 39.3 Å². The number of nitrogens with one attached hydrogen (secondary N) is 1. The minimum atomic E-state index is 0.366. The molecule has 4 heteroatoms. The highest BCUT2D eigenvalue weighted by atomic mass is 16.2. The average Bonchev–Trinajstić information content (AvgIpc) is 3.38. The Morgan fingerprint density at radius 3 is 2.43 bits per heavy atom. The van der Waals surface area contributed by atoms with E-state index >= 15 is 0 Å². The van der Waals surface area contributed by atoms with Crippen molar-refractivity contribution in [2.45, 2.75) is 57.4 Å². The number of rotatable bonds is 6. The van der Waals surface area contributed by atoms with Crippen LogP contribution in [0.1, 0.15) is 51.4 Å². The van der Waals surface area contributed by atoms with Crippen molar-refractivity contribution in [2.24, 2.45) is 5.92 Å². The van der Waals surface area contributed by atoms with Gasteiger partial charge in [0.2, 0.25) is 5.91 Å². The van der Waals surface area contributed by atoms with Crippen LogP contribution in [0, 0.1) is 5.92 Å². The number of carbonyl (C=O) groups is 1. The zero-order chi connectivity index (χ0) is 14.5. The smallest absolute Gasteiger partial charge is 0.223 e. The first-order valence-electron chi connectivity index (χ1n) is 9.05. The highest BCUT2D eigenvalue weighted by Gasteiger charge is 2.31. The van der Waals surface area contributed by atoms with Gasteiger partial charge >= 0.3 is 0 Å². The molecule has 1 aliphatic heterocycles. The first kappa shape index (κ1) is 15.3. The molecule has 0 aromatic carbocycles. The second-order valence-corrected chi connectivity index (χ2v) is 7.11. The van der Waals surface area contributed by atoms with Gasteiger partial charge in [0.1, 0.15) is 0 Å². The van der Waals surface area contributed by atoms with Gasteiger partial charge in [0.05, 0.1) is 0 Å². The quantitative estimate of drug-likeness (QED) is 0.812. The summed E-state index contributed by atoms with van der Waals surface area (Å²) in [5.74, 6) is 1.26. The van der Waals surface area contributed by atoms with E-state index in [4.69, 9.17) is 0 Å². The summed E-state index contributed by atoms with van der Waals surface area (Å²) in [4.78, 5) is 17.0. The number of hydrogen-bond acceptors (Lipinski definition) is 3. The molecular weight excluding hydrogens is 262 g/mol. The summed E-state index contributed by atoms with van der Waals surface area (Å²) in [6.45, 7) is 5.94. The Hall–Kier alpha value is -0.610. The lowest BCUT2D eigenvalue weighted by molar-refractivity contribution is -0.132. The van der Waals surface area contributed by atoms with Gasteiger partial charge in [0.15, 0.2) is 0 Å². The summed E-state index contributed by atoms with van der Waals surface area (Å²) in [5.41, 5.74) is 0. The van der Waals surface area contributed by atoms with Gasteiger partial charge in [-0.05, 0) is 31.6 Å². The summed E-state index contributed by atoms with van der Waals surface area (Å²) < 4.78 is 0. The van der Waals surface area contributed by atoms with Gasteiger partial charge in [-0.3, -0.25) is 9.69 Å². The molecular formula is C17H31N3O. The van der Waals surface area contributed by atoms with E-state index in [1.54, 1.807) is 0 Å². The summed E-state index contributed by atoms with van der Waals surface area (Å²) >= 11 is 0. The van der Waals surface area contributed by atoms with Crippen LogP contribution >= 0.6 is 0 Å². The van der Waals surface area contributed by atoms with E-state index in [0.717, 1.165) is 51.1 Å². The highest BCUT2D eigenvalue weighted by molar-refractivity contribution is 5.76. The van der Waals surface area contributed by atoms with E-state index in [0.29, 0.717) is 5.91 Å². The third-order valence-electron chi connectivity index (χ3n) is 5.36. The van der Waals surface area contributed by atoms with Crippen LogP contribution < -0.4 is 5.32 Å². The Labute approximate surface area is 129 Å². The lowest BCUT2D eigenvalue weighted by Crippen LogP contribution is -2.47. The van der Waals surface area contributed by atoms with Crippen LogP contribution in [0.15, 0.2) is 0 Å². The molecule has 0 aromatic rings. The van der Waals surface area contributed by atoms with Crippen LogP contribution in [0.5, 0.6) is 0 Å². The predicted molar refractivity (Wildman–Crippen MR) is 85.2 cm³/mol. The molecule has 2 saturated carbocycles. The minimum absolute atomic E-state index is 0.366. The second kappa shape index (κ2) is 7.59. The summed E-state index contributed by atoms with van der Waals surface area (Å²) in [5, 5.41) is 3.31. The van der Waals surface area contributed by atoms with Crippen molar-refractivity contribution in [1.29, 1.82) is 0 Å². The van der Waals surface area contributed by atoms with Gasteiger partial charge < -0.3 is 10.2 Å². The van der Waals surface area contributed by atoms with Crippen molar-refractivity contribution >= 4 is 5.91 Å². The molecule has 0 unspecified atom stereocenters. The maximum atomic E-state index is 12.3. The molecule has 1 heterocycles. The normalized spacial score (nSPS) is 24.5. The number of hydrogen-bond donors (Lipinski definition) is 1. The van der Waals surface area contributed by atoms with E-state index in [9.17, 15) is 4.79 Å². The Morgan fingerprint density at radius 1 is 1.05 bits per heavy atom. The third-order valence-corrected chi connectivity index (χ3v) is 5.36. The largest absolute Gasteiger partial charge is 0.340 e. The molecule has 4 nitrogen and oxygen atoms in total. The minimum Gasteiger partial charge on any atom is -0.340 e. The zero-order valence-electron chi connectivity index (χ0n) is 13.4. The van der Waals surface area contributed by atoms with Crippen molar-refractivity contribution < 1.29 is 4.79 Å². The van der Waals surface area contributed by atoms with Gasteiger partial charge in [-0.25, -0.2) is 0 Å². The lowest BCUT2D eigenvalue weighted by Gasteiger charge is -2.31. The SMILES string of the molecule is O=C(CCN(CC1CCCCC1)C1CC1)N1CCNCC1. The molecule has 21 heavy (non-hydrogen) atoms. The molecule has 1 saturated heterocycles. The lowest BCUT2D eigenvalue weighted by atomic mass is 9.89. The molecule has 0 spiro atoms. The molecule has 3 fully saturated rings. The maximum absolute atomic E-state index is 12.3. The van der Waals surface area contributed by atoms with Gasteiger partial charge in [0.25, 0.3) is 0 Å². The van der Waals surface area contributed by atoms with Crippen LogP contribution in [0.2, 0.25) is 0 Å².